The van der Waals surface area contributed by atoms with E-state index in [4.69, 9.17) is 0 Å². The van der Waals surface area contributed by atoms with E-state index >= 15 is 0 Å². The van der Waals surface area contributed by atoms with Crippen LogP contribution in [-0.2, 0) is 5.41 Å². The van der Waals surface area contributed by atoms with Crippen LogP contribution in [0, 0.1) is 0 Å². The number of H-pyrrole nitrogens is 1. The smallest absolute Gasteiger partial charge is 0.0562 e. The van der Waals surface area contributed by atoms with Crippen LogP contribution in [0.15, 0.2) is 97.1 Å². The molecule has 0 bridgehead atoms. The summed E-state index contributed by atoms with van der Waals surface area (Å²) in [7, 11) is 0. The van der Waals surface area contributed by atoms with E-state index in [1.807, 2.05) is 0 Å². The van der Waals surface area contributed by atoms with E-state index in [2.05, 4.69) is 127 Å². The first kappa shape index (κ1) is 19.4. The molecule has 0 unspecified atom stereocenters. The Labute approximate surface area is 198 Å². The van der Waals surface area contributed by atoms with Crippen LogP contribution >= 0.6 is 0 Å². The minimum absolute atomic E-state index is 0.131. The first-order valence-electron chi connectivity index (χ1n) is 12.0. The van der Waals surface area contributed by atoms with Crippen molar-refractivity contribution in [3.63, 3.8) is 0 Å². The van der Waals surface area contributed by atoms with Gasteiger partial charge in [0.1, 0.15) is 0 Å². The van der Waals surface area contributed by atoms with Crippen molar-refractivity contribution >= 4 is 54.4 Å². The molecule has 0 fully saturated rings. The molecule has 0 aliphatic heterocycles. The predicted octanol–water partition coefficient (Wildman–Crippen LogP) is 8.87. The number of aromatic nitrogens is 2. The van der Waals surface area contributed by atoms with Crippen LogP contribution in [0.4, 0.5) is 0 Å². The van der Waals surface area contributed by atoms with Crippen LogP contribution in [0.3, 0.4) is 0 Å². The number of hydrogen-bond donors (Lipinski definition) is 1. The van der Waals surface area contributed by atoms with Gasteiger partial charge in [-0.15, -0.1) is 0 Å². The zero-order chi connectivity index (χ0) is 23.0. The highest BCUT2D eigenvalue weighted by Crippen LogP contribution is 2.39. The monoisotopic (exact) mass is 438 g/mol. The summed E-state index contributed by atoms with van der Waals surface area (Å²) >= 11 is 0. The Bertz CT molecular complexity index is 1870. The Morgan fingerprint density at radius 3 is 1.97 bits per heavy atom. The molecule has 0 amide bonds. The molecular formula is C32H26N2. The zero-order valence-electron chi connectivity index (χ0n) is 19.7. The minimum Gasteiger partial charge on any atom is -0.354 e. The van der Waals surface area contributed by atoms with Crippen LogP contribution in [0.5, 0.6) is 0 Å². The molecule has 7 rings (SSSR count). The Balaban J connectivity index is 1.62. The Morgan fingerprint density at radius 2 is 1.21 bits per heavy atom. The first-order chi connectivity index (χ1) is 16.5. The minimum atomic E-state index is 0.131. The van der Waals surface area contributed by atoms with Gasteiger partial charge in [-0.1, -0.05) is 75.4 Å². The molecule has 2 heterocycles. The molecule has 0 atom stereocenters. The molecule has 5 aromatic carbocycles. The van der Waals surface area contributed by atoms with Crippen molar-refractivity contribution < 1.29 is 0 Å². The lowest BCUT2D eigenvalue weighted by molar-refractivity contribution is 0.590. The normalized spacial score (nSPS) is 12.6. The second-order valence-electron chi connectivity index (χ2n) is 10.4. The van der Waals surface area contributed by atoms with Crippen LogP contribution in [0.1, 0.15) is 26.3 Å². The van der Waals surface area contributed by atoms with Crippen LogP contribution in [0.25, 0.3) is 60.1 Å². The summed E-state index contributed by atoms with van der Waals surface area (Å²) in [5.41, 5.74) is 7.50. The van der Waals surface area contributed by atoms with Crippen LogP contribution in [-0.4, -0.2) is 9.55 Å². The molecule has 1 N–H and O–H groups in total. The first-order valence-corrected chi connectivity index (χ1v) is 12.0. The molecule has 0 saturated carbocycles. The Kier molecular flexibility index (Phi) is 3.85. The number of hydrogen-bond acceptors (Lipinski definition) is 0. The maximum absolute atomic E-state index is 3.64. The molecule has 7 aromatic rings. The number of nitrogens with zero attached hydrogens (tertiary/aromatic N) is 1. The summed E-state index contributed by atoms with van der Waals surface area (Å²) in [5, 5.41) is 7.67. The van der Waals surface area contributed by atoms with E-state index in [-0.39, 0.29) is 5.41 Å². The maximum atomic E-state index is 3.64. The van der Waals surface area contributed by atoms with Gasteiger partial charge in [0.25, 0.3) is 0 Å². The zero-order valence-corrected chi connectivity index (χ0v) is 19.7. The lowest BCUT2D eigenvalue weighted by Crippen LogP contribution is -2.10. The van der Waals surface area contributed by atoms with Crippen molar-refractivity contribution in [2.45, 2.75) is 26.2 Å². The third-order valence-corrected chi connectivity index (χ3v) is 7.25. The molecule has 0 spiro atoms. The lowest BCUT2D eigenvalue weighted by atomic mass is 9.87. The summed E-state index contributed by atoms with van der Waals surface area (Å²) in [4.78, 5) is 3.64. The van der Waals surface area contributed by atoms with Gasteiger partial charge in [0, 0.05) is 38.3 Å². The predicted molar refractivity (Wildman–Crippen MR) is 146 cm³/mol. The summed E-state index contributed by atoms with van der Waals surface area (Å²) < 4.78 is 2.43. The highest BCUT2D eigenvalue weighted by Gasteiger charge is 2.18. The maximum Gasteiger partial charge on any atom is 0.0562 e. The molecular weight excluding hydrogens is 412 g/mol. The number of benzene rings is 5. The van der Waals surface area contributed by atoms with Gasteiger partial charge in [0.2, 0.25) is 0 Å². The number of fused-ring (bicyclic) bond motifs is 7. The van der Waals surface area contributed by atoms with Crippen LogP contribution in [0.2, 0.25) is 0 Å². The summed E-state index contributed by atoms with van der Waals surface area (Å²) in [6.45, 7) is 6.80. The van der Waals surface area contributed by atoms with E-state index in [0.717, 1.165) is 0 Å². The van der Waals surface area contributed by atoms with Gasteiger partial charge in [-0.25, -0.2) is 0 Å². The van der Waals surface area contributed by atoms with Crippen molar-refractivity contribution in [3.05, 3.63) is 103 Å². The van der Waals surface area contributed by atoms with Crippen molar-refractivity contribution in [3.8, 4) is 5.69 Å². The standard InChI is InChI=1S/C32H26N2/c1-32(2,3)22-12-14-23(15-13-22)34-30-17-21-9-5-4-8-20(21)16-26(30)27-18-25-24-10-6-7-11-28(24)33-29(25)19-31(27)34/h4-19,33H,1-3H3. The summed E-state index contributed by atoms with van der Waals surface area (Å²) in [5.74, 6) is 0. The molecule has 2 aromatic heterocycles. The van der Waals surface area contributed by atoms with Crippen molar-refractivity contribution in [1.29, 1.82) is 0 Å². The number of nitrogens with one attached hydrogen (secondary N) is 1. The van der Waals surface area contributed by atoms with Crippen LogP contribution < -0.4 is 0 Å². The van der Waals surface area contributed by atoms with Gasteiger partial charge in [0.05, 0.1) is 11.0 Å². The molecule has 0 radical (unpaired) electrons. The SMILES string of the molecule is CC(C)(C)c1ccc(-n2c3cc4ccccc4cc3c3cc4c(cc32)[nH]c2ccccc24)cc1. The average molecular weight is 439 g/mol. The highest BCUT2D eigenvalue weighted by molar-refractivity contribution is 6.20. The van der Waals surface area contributed by atoms with Gasteiger partial charge in [-0.05, 0) is 64.2 Å². The topological polar surface area (TPSA) is 20.7 Å². The largest absolute Gasteiger partial charge is 0.354 e. The fourth-order valence-electron chi connectivity index (χ4n) is 5.43. The van der Waals surface area contributed by atoms with E-state index in [1.54, 1.807) is 0 Å². The van der Waals surface area contributed by atoms with Gasteiger partial charge < -0.3 is 9.55 Å². The molecule has 2 heteroatoms. The molecule has 0 aliphatic rings. The van der Waals surface area contributed by atoms with Crippen molar-refractivity contribution in [1.82, 2.24) is 9.55 Å². The van der Waals surface area contributed by atoms with Gasteiger partial charge in [-0.3, -0.25) is 0 Å². The fourth-order valence-corrected chi connectivity index (χ4v) is 5.43. The molecule has 164 valence electrons. The number of rotatable bonds is 1. The Hall–Kier alpha value is -4.04. The van der Waals surface area contributed by atoms with Gasteiger partial charge in [0.15, 0.2) is 0 Å². The molecule has 0 aliphatic carbocycles. The summed E-state index contributed by atoms with van der Waals surface area (Å²) in [6.07, 6.45) is 0. The lowest BCUT2D eigenvalue weighted by Gasteiger charge is -2.19. The fraction of sp³-hybridized carbons (Fsp3) is 0.125. The van der Waals surface area contributed by atoms with E-state index in [0.29, 0.717) is 0 Å². The molecule has 2 nitrogen and oxygen atoms in total. The van der Waals surface area contributed by atoms with E-state index in [1.165, 1.54) is 65.6 Å². The molecule has 34 heavy (non-hydrogen) atoms. The average Bonchev–Trinajstić information content (AvgIpc) is 3.35. The van der Waals surface area contributed by atoms with E-state index in [9.17, 15) is 0 Å². The second-order valence-corrected chi connectivity index (χ2v) is 10.4. The number of aromatic amines is 1. The summed E-state index contributed by atoms with van der Waals surface area (Å²) in [6, 6.07) is 35.7. The third kappa shape index (κ3) is 2.75. The molecule has 0 saturated heterocycles. The highest BCUT2D eigenvalue weighted by atomic mass is 15.0. The van der Waals surface area contributed by atoms with Crippen molar-refractivity contribution in [2.24, 2.45) is 0 Å². The quantitative estimate of drug-likeness (QED) is 0.264. The van der Waals surface area contributed by atoms with E-state index < -0.39 is 0 Å². The Morgan fingerprint density at radius 1 is 0.559 bits per heavy atom. The number of para-hydroxylation sites is 1. The van der Waals surface area contributed by atoms with Gasteiger partial charge in [-0.2, -0.15) is 0 Å². The van der Waals surface area contributed by atoms with Gasteiger partial charge >= 0.3 is 0 Å². The second kappa shape index (κ2) is 6.74. The van der Waals surface area contributed by atoms with Crippen molar-refractivity contribution in [2.75, 3.05) is 0 Å². The third-order valence-electron chi connectivity index (χ3n) is 7.25.